The molecule has 1 aromatic heterocycles. The highest BCUT2D eigenvalue weighted by molar-refractivity contribution is 7.98. The zero-order valence-corrected chi connectivity index (χ0v) is 21.8. The standard InChI is InChI=1S/C25H28N2O4S3/c1-17(2)34(30,31)20-11-7-10-19(14-20)25(29)27-21(12-13-32-3)23(28)15-24-26-22(16-33-24)18-8-5-4-6-9-18/h4-11,14,16-17,21H,12-13,15H2,1-3H3,(H,27,29)/t21-/m0/s1. The van der Waals surface area contributed by atoms with E-state index >= 15 is 0 Å². The molecule has 0 aliphatic rings. The molecule has 34 heavy (non-hydrogen) atoms. The number of carbonyl (C=O) groups excluding carboxylic acids is 2. The van der Waals surface area contributed by atoms with Crippen LogP contribution in [0.2, 0.25) is 0 Å². The minimum Gasteiger partial charge on any atom is -0.342 e. The molecule has 180 valence electrons. The molecule has 0 aliphatic heterocycles. The van der Waals surface area contributed by atoms with Crippen molar-refractivity contribution in [1.82, 2.24) is 10.3 Å². The molecule has 6 nitrogen and oxygen atoms in total. The van der Waals surface area contributed by atoms with E-state index < -0.39 is 27.0 Å². The smallest absolute Gasteiger partial charge is 0.251 e. The molecule has 1 amide bonds. The molecular formula is C25H28N2O4S3. The number of thiazole rings is 1. The van der Waals surface area contributed by atoms with Gasteiger partial charge in [0.15, 0.2) is 15.6 Å². The van der Waals surface area contributed by atoms with Crippen molar-refractivity contribution >= 4 is 44.6 Å². The first-order chi connectivity index (χ1) is 16.2. The van der Waals surface area contributed by atoms with Crippen LogP contribution in [-0.4, -0.2) is 48.4 Å². The third-order valence-corrected chi connectivity index (χ3v) is 8.94. The Morgan fingerprint density at radius 3 is 2.50 bits per heavy atom. The van der Waals surface area contributed by atoms with E-state index in [0.29, 0.717) is 17.2 Å². The van der Waals surface area contributed by atoms with Crippen LogP contribution in [0.3, 0.4) is 0 Å². The number of nitrogens with zero attached hydrogens (tertiary/aromatic N) is 1. The predicted molar refractivity (Wildman–Crippen MR) is 139 cm³/mol. The number of thioether (sulfide) groups is 1. The second-order valence-corrected chi connectivity index (χ2v) is 12.5. The maximum atomic E-state index is 13.1. The van der Waals surface area contributed by atoms with Gasteiger partial charge >= 0.3 is 0 Å². The molecule has 1 N–H and O–H groups in total. The molecule has 0 fully saturated rings. The number of rotatable bonds is 11. The fourth-order valence-electron chi connectivity index (χ4n) is 3.28. The molecule has 0 saturated heterocycles. The third-order valence-electron chi connectivity index (χ3n) is 5.30. The number of nitrogens with one attached hydrogen (secondary N) is 1. The van der Waals surface area contributed by atoms with E-state index in [1.807, 2.05) is 42.0 Å². The Labute approximate surface area is 209 Å². The van der Waals surface area contributed by atoms with Crippen molar-refractivity contribution in [3.05, 3.63) is 70.5 Å². The van der Waals surface area contributed by atoms with Crippen LogP contribution in [0.25, 0.3) is 11.3 Å². The fraction of sp³-hybridized carbons (Fsp3) is 0.320. The SMILES string of the molecule is CSCC[C@H](NC(=O)c1cccc(S(=O)(=O)C(C)C)c1)C(=O)Cc1nc(-c2ccccc2)cs1. The largest absolute Gasteiger partial charge is 0.342 e. The van der Waals surface area contributed by atoms with Gasteiger partial charge in [0.1, 0.15) is 5.01 Å². The zero-order chi connectivity index (χ0) is 24.7. The van der Waals surface area contributed by atoms with Gasteiger partial charge in [-0.15, -0.1) is 11.3 Å². The highest BCUT2D eigenvalue weighted by Gasteiger charge is 2.24. The molecule has 1 heterocycles. The summed E-state index contributed by atoms with van der Waals surface area (Å²) in [6.45, 7) is 3.20. The Morgan fingerprint density at radius 2 is 1.82 bits per heavy atom. The quantitative estimate of drug-likeness (QED) is 0.399. The molecule has 2 aromatic carbocycles. The highest BCUT2D eigenvalue weighted by Crippen LogP contribution is 2.22. The van der Waals surface area contributed by atoms with Crippen molar-refractivity contribution in [2.75, 3.05) is 12.0 Å². The number of Topliss-reactive ketones (excluding diaryl/α,β-unsaturated/α-hetero) is 1. The van der Waals surface area contributed by atoms with E-state index in [0.717, 1.165) is 11.3 Å². The molecule has 3 rings (SSSR count). The Morgan fingerprint density at radius 1 is 1.09 bits per heavy atom. The van der Waals surface area contributed by atoms with E-state index in [2.05, 4.69) is 10.3 Å². The Balaban J connectivity index is 1.74. The zero-order valence-electron chi connectivity index (χ0n) is 19.4. The lowest BCUT2D eigenvalue weighted by Gasteiger charge is -2.17. The van der Waals surface area contributed by atoms with Crippen molar-refractivity contribution in [1.29, 1.82) is 0 Å². The number of carbonyl (C=O) groups is 2. The number of hydrogen-bond donors (Lipinski definition) is 1. The molecule has 0 unspecified atom stereocenters. The molecule has 3 aromatic rings. The average molecular weight is 517 g/mol. The molecule has 9 heteroatoms. The van der Waals surface area contributed by atoms with Gasteiger partial charge in [-0.2, -0.15) is 11.8 Å². The number of amides is 1. The first-order valence-corrected chi connectivity index (χ1v) is 14.7. The number of hydrogen-bond acceptors (Lipinski definition) is 7. The highest BCUT2D eigenvalue weighted by atomic mass is 32.2. The van der Waals surface area contributed by atoms with Gasteiger partial charge in [0, 0.05) is 16.5 Å². The minimum absolute atomic E-state index is 0.0957. The summed E-state index contributed by atoms with van der Waals surface area (Å²) < 4.78 is 25.0. The summed E-state index contributed by atoms with van der Waals surface area (Å²) in [6, 6.07) is 15.0. The summed E-state index contributed by atoms with van der Waals surface area (Å²) in [6.07, 6.45) is 2.54. The number of benzene rings is 2. The summed E-state index contributed by atoms with van der Waals surface area (Å²) >= 11 is 3.01. The first kappa shape index (κ1) is 26.1. The maximum absolute atomic E-state index is 13.1. The van der Waals surface area contributed by atoms with E-state index in [1.165, 1.54) is 23.5 Å². The Kier molecular flexibility index (Phi) is 9.04. The monoisotopic (exact) mass is 516 g/mol. The predicted octanol–water partition coefficient (Wildman–Crippen LogP) is 4.66. The lowest BCUT2D eigenvalue weighted by Crippen LogP contribution is -2.42. The third kappa shape index (κ3) is 6.55. The van der Waals surface area contributed by atoms with Crippen LogP contribution in [0.5, 0.6) is 0 Å². The fourth-order valence-corrected chi connectivity index (χ4v) is 5.67. The van der Waals surface area contributed by atoms with E-state index in [-0.39, 0.29) is 22.7 Å². The van der Waals surface area contributed by atoms with Crippen molar-refractivity contribution in [3.63, 3.8) is 0 Å². The molecule has 0 spiro atoms. The number of aromatic nitrogens is 1. The van der Waals surface area contributed by atoms with E-state index in [4.69, 9.17) is 0 Å². The van der Waals surface area contributed by atoms with Crippen molar-refractivity contribution in [3.8, 4) is 11.3 Å². The second-order valence-electron chi connectivity index (χ2n) is 8.06. The summed E-state index contributed by atoms with van der Waals surface area (Å²) in [7, 11) is -3.51. The van der Waals surface area contributed by atoms with Crippen molar-refractivity contribution in [2.24, 2.45) is 0 Å². The molecule has 0 aliphatic carbocycles. The van der Waals surface area contributed by atoms with E-state index in [1.54, 1.807) is 37.7 Å². The van der Waals surface area contributed by atoms with Gasteiger partial charge in [-0.3, -0.25) is 9.59 Å². The topological polar surface area (TPSA) is 93.2 Å². The van der Waals surface area contributed by atoms with Crippen LogP contribution in [0, 0.1) is 0 Å². The molecular weight excluding hydrogens is 488 g/mol. The number of sulfone groups is 1. The van der Waals surface area contributed by atoms with Gasteiger partial charge < -0.3 is 5.32 Å². The van der Waals surface area contributed by atoms with Gasteiger partial charge in [-0.25, -0.2) is 13.4 Å². The van der Waals surface area contributed by atoms with Crippen molar-refractivity contribution in [2.45, 2.75) is 42.9 Å². The second kappa shape index (κ2) is 11.8. The first-order valence-electron chi connectivity index (χ1n) is 10.9. The van der Waals surface area contributed by atoms with Crippen LogP contribution in [0.15, 0.2) is 64.9 Å². The maximum Gasteiger partial charge on any atom is 0.251 e. The minimum atomic E-state index is -3.51. The number of ketones is 1. The van der Waals surface area contributed by atoms with E-state index in [9.17, 15) is 18.0 Å². The molecule has 1 atom stereocenters. The summed E-state index contributed by atoms with van der Waals surface area (Å²) in [5.74, 6) is 0.109. The van der Waals surface area contributed by atoms with Gasteiger partial charge in [0.05, 0.1) is 28.3 Å². The van der Waals surface area contributed by atoms with Crippen molar-refractivity contribution < 1.29 is 18.0 Å². The lowest BCUT2D eigenvalue weighted by atomic mass is 10.1. The van der Waals surface area contributed by atoms with Gasteiger partial charge in [0.25, 0.3) is 5.91 Å². The molecule has 0 saturated carbocycles. The molecule has 0 bridgehead atoms. The molecule has 0 radical (unpaired) electrons. The van der Waals surface area contributed by atoms with Crippen LogP contribution < -0.4 is 5.32 Å². The summed E-state index contributed by atoms with van der Waals surface area (Å²) in [5, 5.41) is 4.83. The Bertz CT molecular complexity index is 1240. The lowest BCUT2D eigenvalue weighted by molar-refractivity contribution is -0.120. The normalized spacial score (nSPS) is 12.5. The summed E-state index contributed by atoms with van der Waals surface area (Å²) in [4.78, 5) is 30.7. The van der Waals surface area contributed by atoms with Crippen LogP contribution in [0.1, 0.15) is 35.6 Å². The Hall–Kier alpha value is -2.49. The average Bonchev–Trinajstić information content (AvgIpc) is 3.30. The van der Waals surface area contributed by atoms with Gasteiger partial charge in [0.2, 0.25) is 0 Å². The van der Waals surface area contributed by atoms with Crippen LogP contribution in [0.4, 0.5) is 0 Å². The summed E-state index contributed by atoms with van der Waals surface area (Å²) in [5.41, 5.74) is 2.02. The van der Waals surface area contributed by atoms with Crippen LogP contribution in [-0.2, 0) is 21.1 Å². The van der Waals surface area contributed by atoms with Gasteiger partial charge in [-0.05, 0) is 50.5 Å². The van der Waals surface area contributed by atoms with Gasteiger partial charge in [-0.1, -0.05) is 36.4 Å². The van der Waals surface area contributed by atoms with Crippen LogP contribution >= 0.6 is 23.1 Å².